The molecule has 0 saturated heterocycles. The number of fused-ring (bicyclic) bond motifs is 5. The average Bonchev–Trinajstić information content (AvgIpc) is 3.70. The van der Waals surface area contributed by atoms with E-state index in [2.05, 4.69) is 138 Å². The predicted octanol–water partition coefficient (Wildman–Crippen LogP) is 4.19. The summed E-state index contributed by atoms with van der Waals surface area (Å²) in [5.41, 5.74) is 11.2. The number of H-pyrrole nitrogens is 1. The van der Waals surface area contributed by atoms with Gasteiger partial charge in [-0.2, -0.15) is 0 Å². The minimum absolute atomic E-state index is 0.964. The molecule has 0 aliphatic carbocycles. The molecule has 0 atom stereocenters. The van der Waals surface area contributed by atoms with Crippen molar-refractivity contribution in [3.8, 4) is 0 Å². The molecule has 36 heavy (non-hydrogen) atoms. The second kappa shape index (κ2) is 8.49. The lowest BCUT2D eigenvalue weighted by molar-refractivity contribution is -0.537. The summed E-state index contributed by atoms with van der Waals surface area (Å²) in [5.74, 6) is 0. The summed E-state index contributed by atoms with van der Waals surface area (Å²) in [6.07, 6.45) is 8.74. The zero-order valence-corrected chi connectivity index (χ0v) is 19.6. The van der Waals surface area contributed by atoms with Crippen LogP contribution in [0.2, 0.25) is 0 Å². The molecular weight excluding hydrogens is 438 g/mol. The van der Waals surface area contributed by atoms with Gasteiger partial charge in [-0.15, -0.1) is 0 Å². The molecule has 170 valence electrons. The number of aromatic amines is 1. The Morgan fingerprint density at radius 3 is 1.61 bits per heavy atom. The number of rotatable bonds is 3. The monoisotopic (exact) mass is 462 g/mol. The molecule has 6 bridgehead atoms. The molecule has 4 heterocycles. The summed E-state index contributed by atoms with van der Waals surface area (Å²) in [4.78, 5) is 8.95. The molecule has 3 aliphatic heterocycles. The molecule has 0 spiro atoms. The van der Waals surface area contributed by atoms with E-state index in [1.807, 2.05) is 0 Å². The first-order valence-corrected chi connectivity index (χ1v) is 12.2. The summed E-state index contributed by atoms with van der Waals surface area (Å²) in [7, 11) is 0. The Hall–Kier alpha value is -4.73. The Balaban J connectivity index is 1.58. The van der Waals surface area contributed by atoms with Crippen LogP contribution in [0, 0.1) is 0 Å². The van der Waals surface area contributed by atoms with Gasteiger partial charge in [0, 0.05) is 23.1 Å². The highest BCUT2D eigenvalue weighted by molar-refractivity contribution is 6.30. The second-order valence-corrected chi connectivity index (χ2v) is 9.11. The molecule has 0 radical (unpaired) electrons. The minimum atomic E-state index is 0.964. The van der Waals surface area contributed by atoms with Crippen LogP contribution in [0.4, 0.5) is 0 Å². The van der Waals surface area contributed by atoms with Crippen molar-refractivity contribution in [3.05, 3.63) is 172 Å². The number of hydrogen-bond acceptors (Lipinski definition) is 1. The van der Waals surface area contributed by atoms with Crippen molar-refractivity contribution in [2.45, 2.75) is 0 Å². The summed E-state index contributed by atoms with van der Waals surface area (Å²) in [6.45, 7) is 0. The van der Waals surface area contributed by atoms with Gasteiger partial charge in [0.25, 0.3) is 0 Å². The predicted molar refractivity (Wildman–Crippen MR) is 146 cm³/mol. The quantitative estimate of drug-likeness (QED) is 0.459. The molecule has 3 aromatic carbocycles. The van der Waals surface area contributed by atoms with Gasteiger partial charge in [0.15, 0.2) is 0 Å². The number of benzene rings is 3. The maximum Gasteiger partial charge on any atom is 0.144 e. The molecule has 3 nitrogen and oxygen atoms in total. The maximum absolute atomic E-state index is 5.20. The molecule has 3 heteroatoms. The number of quaternary nitrogens is 1. The molecule has 3 aliphatic rings. The van der Waals surface area contributed by atoms with Crippen LogP contribution < -0.4 is 16.0 Å². The SMILES string of the molecule is C1=CC2=C(c3ccccc3)C3=CC=C([NH2+]3)C(c3ccccc3)=c3ccc([nH]3)=C(c3ccccc3)C1=N2. The number of aliphatic imine (C=N–C) groups is 1. The third-order valence-corrected chi connectivity index (χ3v) is 6.90. The van der Waals surface area contributed by atoms with Crippen LogP contribution in [0.3, 0.4) is 0 Å². The van der Waals surface area contributed by atoms with Gasteiger partial charge in [-0.3, -0.25) is 5.32 Å². The molecule has 7 rings (SSSR count). The summed E-state index contributed by atoms with van der Waals surface area (Å²) in [6, 6.07) is 36.1. The van der Waals surface area contributed by atoms with Gasteiger partial charge in [-0.25, -0.2) is 4.99 Å². The third kappa shape index (κ3) is 3.46. The minimum Gasteiger partial charge on any atom is -0.354 e. The third-order valence-electron chi connectivity index (χ3n) is 6.90. The van der Waals surface area contributed by atoms with E-state index in [1.54, 1.807) is 0 Å². The van der Waals surface area contributed by atoms with Crippen LogP contribution in [-0.2, 0) is 0 Å². The number of aromatic nitrogens is 1. The van der Waals surface area contributed by atoms with E-state index in [0.717, 1.165) is 38.8 Å². The van der Waals surface area contributed by atoms with Crippen molar-refractivity contribution in [1.29, 1.82) is 0 Å². The molecule has 0 amide bonds. The lowest BCUT2D eigenvalue weighted by Gasteiger charge is -2.13. The van der Waals surface area contributed by atoms with E-state index in [0.29, 0.717) is 0 Å². The fourth-order valence-electron chi connectivity index (χ4n) is 5.28. The van der Waals surface area contributed by atoms with E-state index in [9.17, 15) is 0 Å². The van der Waals surface area contributed by atoms with E-state index >= 15 is 0 Å². The topological polar surface area (TPSA) is 44.8 Å². The van der Waals surface area contributed by atoms with Gasteiger partial charge in [-0.1, -0.05) is 91.0 Å². The Morgan fingerprint density at radius 2 is 1.00 bits per heavy atom. The Kier molecular flexibility index (Phi) is 4.86. The first-order valence-electron chi connectivity index (χ1n) is 12.2. The van der Waals surface area contributed by atoms with E-state index < -0.39 is 0 Å². The molecule has 0 saturated carbocycles. The number of nitrogens with one attached hydrogen (secondary N) is 1. The largest absolute Gasteiger partial charge is 0.354 e. The van der Waals surface area contributed by atoms with Crippen molar-refractivity contribution in [2.24, 2.45) is 4.99 Å². The van der Waals surface area contributed by atoms with E-state index in [4.69, 9.17) is 4.99 Å². The molecule has 0 unspecified atom stereocenters. The fourth-order valence-corrected chi connectivity index (χ4v) is 5.28. The van der Waals surface area contributed by atoms with Crippen LogP contribution in [-0.4, -0.2) is 10.7 Å². The van der Waals surface area contributed by atoms with Crippen molar-refractivity contribution >= 4 is 22.4 Å². The molecule has 1 aromatic heterocycles. The van der Waals surface area contributed by atoms with E-state index in [1.165, 1.54) is 28.1 Å². The van der Waals surface area contributed by atoms with Gasteiger partial charge >= 0.3 is 0 Å². The van der Waals surface area contributed by atoms with Gasteiger partial charge in [0.1, 0.15) is 11.4 Å². The van der Waals surface area contributed by atoms with Crippen molar-refractivity contribution in [2.75, 3.05) is 0 Å². The average molecular weight is 463 g/mol. The van der Waals surface area contributed by atoms with Crippen LogP contribution in [0.1, 0.15) is 16.7 Å². The Morgan fingerprint density at radius 1 is 0.500 bits per heavy atom. The summed E-state index contributed by atoms with van der Waals surface area (Å²) < 4.78 is 0. The van der Waals surface area contributed by atoms with Crippen LogP contribution in [0.15, 0.2) is 150 Å². The zero-order valence-electron chi connectivity index (χ0n) is 19.6. The standard InChI is InChI=1S/C33H23N3/c1-4-10-22(11-5-1)31-25-16-18-27(34-25)32(23-12-6-2-7-13-23)29-20-21-30(36-29)33(24-14-8-3-9-15-24)28-19-17-26(31)35-28/h1-21,34-35H/p+1. The first kappa shape index (κ1) is 20.6. The van der Waals surface area contributed by atoms with Gasteiger partial charge < -0.3 is 4.98 Å². The molecule has 4 aromatic rings. The fraction of sp³-hybridized carbons (Fsp3) is 0. The van der Waals surface area contributed by atoms with Crippen LogP contribution in [0.25, 0.3) is 16.7 Å². The normalized spacial score (nSPS) is 16.4. The highest BCUT2D eigenvalue weighted by Gasteiger charge is 2.27. The second-order valence-electron chi connectivity index (χ2n) is 9.11. The lowest BCUT2D eigenvalue weighted by Crippen LogP contribution is -2.79. The number of hydrogen-bond donors (Lipinski definition) is 2. The Bertz CT molecular complexity index is 1760. The summed E-state index contributed by atoms with van der Waals surface area (Å²) >= 11 is 0. The Labute approximate surface area is 209 Å². The van der Waals surface area contributed by atoms with Gasteiger partial charge in [-0.05, 0) is 41.0 Å². The van der Waals surface area contributed by atoms with Crippen LogP contribution >= 0.6 is 0 Å². The smallest absolute Gasteiger partial charge is 0.144 e. The molecule has 3 N–H and O–H groups in total. The van der Waals surface area contributed by atoms with Gasteiger partial charge in [0.05, 0.1) is 27.9 Å². The lowest BCUT2D eigenvalue weighted by atomic mass is 10.00. The van der Waals surface area contributed by atoms with Crippen molar-refractivity contribution in [1.82, 2.24) is 4.98 Å². The molecular formula is C33H24N3+. The zero-order chi connectivity index (χ0) is 23.9. The van der Waals surface area contributed by atoms with Crippen LogP contribution in [0.5, 0.6) is 0 Å². The van der Waals surface area contributed by atoms with Gasteiger partial charge in [0.2, 0.25) is 0 Å². The first-order chi connectivity index (χ1) is 17.8. The molecule has 0 fully saturated rings. The number of nitrogens with two attached hydrogens (primary N) is 1. The highest BCUT2D eigenvalue weighted by Crippen LogP contribution is 2.32. The highest BCUT2D eigenvalue weighted by atomic mass is 14.9. The summed E-state index contributed by atoms with van der Waals surface area (Å²) in [5, 5.41) is 4.45. The number of allylic oxidation sites excluding steroid dienone is 6. The van der Waals surface area contributed by atoms with E-state index in [-0.39, 0.29) is 0 Å². The van der Waals surface area contributed by atoms with Crippen molar-refractivity contribution < 1.29 is 5.32 Å². The number of nitrogens with zero attached hydrogens (tertiary/aromatic N) is 1. The van der Waals surface area contributed by atoms with Crippen molar-refractivity contribution in [3.63, 3.8) is 0 Å². The maximum atomic E-state index is 5.20.